The van der Waals surface area contributed by atoms with Crippen LogP contribution in [0.15, 0.2) is 26.2 Å². The first-order valence-corrected chi connectivity index (χ1v) is 8.41. The zero-order valence-electron chi connectivity index (χ0n) is 11.3. The molecular formula is C13H14Br2N4OS. The lowest BCUT2D eigenvalue weighted by Gasteiger charge is -2.03. The second kappa shape index (κ2) is 7.33. The second-order valence-electron chi connectivity index (χ2n) is 4.43. The lowest BCUT2D eigenvalue weighted by atomic mass is 10.2. The fourth-order valence-corrected chi connectivity index (χ4v) is 3.20. The Labute approximate surface area is 144 Å². The molecule has 1 aromatic heterocycles. The number of H-pyrrole nitrogens is 1. The maximum Gasteiger partial charge on any atom is 0.216 e. The first-order chi connectivity index (χ1) is 10.0. The SMILES string of the molecule is CCCCc1n[nH]c(=S)n1/N=C/c1cc(Br)cc(Br)c1O. The zero-order valence-corrected chi connectivity index (χ0v) is 15.3. The Hall–Kier alpha value is -0.990. The van der Waals surface area contributed by atoms with Gasteiger partial charge in [-0.25, -0.2) is 0 Å². The Kier molecular flexibility index (Phi) is 5.72. The van der Waals surface area contributed by atoms with Gasteiger partial charge in [0.15, 0.2) is 5.82 Å². The van der Waals surface area contributed by atoms with Crippen molar-refractivity contribution in [1.29, 1.82) is 0 Å². The lowest BCUT2D eigenvalue weighted by Crippen LogP contribution is -1.99. The molecular weight excluding hydrogens is 420 g/mol. The minimum Gasteiger partial charge on any atom is -0.506 e. The third-order valence-electron chi connectivity index (χ3n) is 2.84. The quantitative estimate of drug-likeness (QED) is 0.542. The van der Waals surface area contributed by atoms with E-state index in [1.54, 1.807) is 23.0 Å². The number of unbranched alkanes of at least 4 members (excludes halogenated alkanes) is 1. The molecule has 112 valence electrons. The highest BCUT2D eigenvalue weighted by atomic mass is 79.9. The van der Waals surface area contributed by atoms with Crippen LogP contribution in [-0.4, -0.2) is 26.2 Å². The summed E-state index contributed by atoms with van der Waals surface area (Å²) in [4.78, 5) is 0. The van der Waals surface area contributed by atoms with Gasteiger partial charge < -0.3 is 5.11 Å². The van der Waals surface area contributed by atoms with Crippen LogP contribution in [0, 0.1) is 4.77 Å². The van der Waals surface area contributed by atoms with Crippen molar-refractivity contribution in [1.82, 2.24) is 14.9 Å². The monoisotopic (exact) mass is 432 g/mol. The van der Waals surface area contributed by atoms with Gasteiger partial charge in [0.25, 0.3) is 0 Å². The summed E-state index contributed by atoms with van der Waals surface area (Å²) in [6.07, 6.45) is 4.45. The molecule has 8 heteroatoms. The van der Waals surface area contributed by atoms with E-state index in [9.17, 15) is 5.11 Å². The molecule has 5 nitrogen and oxygen atoms in total. The van der Waals surface area contributed by atoms with Gasteiger partial charge in [-0.05, 0) is 46.7 Å². The van der Waals surface area contributed by atoms with Crippen LogP contribution < -0.4 is 0 Å². The summed E-state index contributed by atoms with van der Waals surface area (Å²) in [5.41, 5.74) is 0.584. The summed E-state index contributed by atoms with van der Waals surface area (Å²) in [6.45, 7) is 2.12. The Morgan fingerprint density at radius 3 is 2.95 bits per heavy atom. The molecule has 2 N–H and O–H groups in total. The number of nitrogens with zero attached hydrogens (tertiary/aromatic N) is 3. The topological polar surface area (TPSA) is 66.2 Å². The van der Waals surface area contributed by atoms with E-state index in [0.29, 0.717) is 14.8 Å². The number of hydrogen-bond donors (Lipinski definition) is 2. The number of aromatic hydroxyl groups is 1. The summed E-state index contributed by atoms with van der Waals surface area (Å²) in [5.74, 6) is 0.915. The Morgan fingerprint density at radius 1 is 1.48 bits per heavy atom. The van der Waals surface area contributed by atoms with Crippen molar-refractivity contribution in [3.63, 3.8) is 0 Å². The highest BCUT2D eigenvalue weighted by molar-refractivity contribution is 9.11. The predicted molar refractivity (Wildman–Crippen MR) is 92.5 cm³/mol. The maximum absolute atomic E-state index is 10.0. The van der Waals surface area contributed by atoms with E-state index in [1.165, 1.54) is 0 Å². The van der Waals surface area contributed by atoms with Crippen LogP contribution in [0.5, 0.6) is 5.75 Å². The van der Waals surface area contributed by atoms with E-state index in [4.69, 9.17) is 12.2 Å². The summed E-state index contributed by atoms with van der Waals surface area (Å²) >= 11 is 11.8. The minimum absolute atomic E-state index is 0.132. The number of benzene rings is 1. The number of aromatic nitrogens is 3. The summed E-state index contributed by atoms with van der Waals surface area (Å²) in [5, 5.41) is 21.3. The van der Waals surface area contributed by atoms with Gasteiger partial charge in [-0.1, -0.05) is 29.3 Å². The first kappa shape index (κ1) is 16.4. The van der Waals surface area contributed by atoms with Crippen molar-refractivity contribution >= 4 is 50.3 Å². The Morgan fingerprint density at radius 2 is 2.24 bits per heavy atom. The molecule has 0 aliphatic carbocycles. The zero-order chi connectivity index (χ0) is 15.4. The smallest absolute Gasteiger partial charge is 0.216 e. The highest BCUT2D eigenvalue weighted by Crippen LogP contribution is 2.30. The molecule has 0 bridgehead atoms. The van der Waals surface area contributed by atoms with E-state index >= 15 is 0 Å². The number of hydrogen-bond acceptors (Lipinski definition) is 4. The molecule has 2 aromatic rings. The van der Waals surface area contributed by atoms with Crippen molar-refractivity contribution in [3.8, 4) is 5.75 Å². The van der Waals surface area contributed by atoms with Crippen LogP contribution in [0.3, 0.4) is 0 Å². The number of aryl methyl sites for hydroxylation is 1. The third kappa shape index (κ3) is 4.02. The standard InChI is InChI=1S/C13H14Br2N4OS/c1-2-3-4-11-17-18-13(21)19(11)16-7-8-5-9(14)6-10(15)12(8)20/h5-7,20H,2-4H2,1H3,(H,18,21)/b16-7+. The molecule has 0 saturated heterocycles. The molecule has 0 fully saturated rings. The fraction of sp³-hybridized carbons (Fsp3) is 0.308. The van der Waals surface area contributed by atoms with Crippen LogP contribution in [-0.2, 0) is 6.42 Å². The first-order valence-electron chi connectivity index (χ1n) is 6.41. The van der Waals surface area contributed by atoms with Gasteiger partial charge in [0.2, 0.25) is 4.77 Å². The van der Waals surface area contributed by atoms with Crippen molar-refractivity contribution in [2.24, 2.45) is 5.10 Å². The fourth-order valence-electron chi connectivity index (χ4n) is 1.74. The van der Waals surface area contributed by atoms with Crippen LogP contribution in [0.4, 0.5) is 0 Å². The van der Waals surface area contributed by atoms with Crippen LogP contribution >= 0.6 is 44.1 Å². The second-order valence-corrected chi connectivity index (χ2v) is 6.59. The number of rotatable bonds is 5. The van der Waals surface area contributed by atoms with Gasteiger partial charge in [0.1, 0.15) is 5.75 Å². The van der Waals surface area contributed by atoms with Gasteiger partial charge in [-0.3, -0.25) is 5.10 Å². The van der Waals surface area contributed by atoms with E-state index in [1.807, 2.05) is 0 Å². The van der Waals surface area contributed by atoms with Crippen LogP contribution in [0.2, 0.25) is 0 Å². The normalized spacial score (nSPS) is 11.4. The molecule has 0 radical (unpaired) electrons. The van der Waals surface area contributed by atoms with Crippen molar-refractivity contribution in [3.05, 3.63) is 37.2 Å². The average Bonchev–Trinajstić information content (AvgIpc) is 2.79. The van der Waals surface area contributed by atoms with Gasteiger partial charge in [-0.2, -0.15) is 14.9 Å². The molecule has 0 atom stereocenters. The van der Waals surface area contributed by atoms with Crippen molar-refractivity contribution in [2.45, 2.75) is 26.2 Å². The molecule has 1 aromatic carbocycles. The van der Waals surface area contributed by atoms with Crippen molar-refractivity contribution in [2.75, 3.05) is 0 Å². The van der Waals surface area contributed by atoms with E-state index in [0.717, 1.165) is 29.6 Å². The average molecular weight is 434 g/mol. The summed E-state index contributed by atoms with van der Waals surface area (Å²) < 4.78 is 3.46. The van der Waals surface area contributed by atoms with Crippen LogP contribution in [0.1, 0.15) is 31.2 Å². The third-order valence-corrected chi connectivity index (χ3v) is 4.17. The Bertz CT molecular complexity index is 723. The highest BCUT2D eigenvalue weighted by Gasteiger charge is 2.07. The summed E-state index contributed by atoms with van der Waals surface area (Å²) in [6, 6.07) is 3.54. The van der Waals surface area contributed by atoms with E-state index in [2.05, 4.69) is 54.1 Å². The molecule has 0 aliphatic rings. The van der Waals surface area contributed by atoms with Gasteiger partial charge in [0.05, 0.1) is 10.7 Å². The molecule has 0 unspecified atom stereocenters. The molecule has 0 spiro atoms. The number of halogens is 2. The molecule has 2 rings (SSSR count). The molecule has 0 saturated carbocycles. The number of phenols is 1. The predicted octanol–water partition coefficient (Wildman–Crippen LogP) is 4.40. The molecule has 0 amide bonds. The number of phenolic OH excluding ortho intramolecular Hbond substituents is 1. The largest absolute Gasteiger partial charge is 0.506 e. The minimum atomic E-state index is 0.132. The molecule has 1 heterocycles. The number of nitrogens with one attached hydrogen (secondary N) is 1. The number of aromatic amines is 1. The molecule has 0 aliphatic heterocycles. The Balaban J connectivity index is 2.34. The van der Waals surface area contributed by atoms with E-state index < -0.39 is 0 Å². The summed E-state index contributed by atoms with van der Waals surface area (Å²) in [7, 11) is 0. The van der Waals surface area contributed by atoms with E-state index in [-0.39, 0.29) is 5.75 Å². The van der Waals surface area contributed by atoms with Crippen molar-refractivity contribution < 1.29 is 5.11 Å². The van der Waals surface area contributed by atoms with Crippen LogP contribution in [0.25, 0.3) is 0 Å². The van der Waals surface area contributed by atoms with Gasteiger partial charge >= 0.3 is 0 Å². The lowest BCUT2D eigenvalue weighted by molar-refractivity contribution is 0.471. The maximum atomic E-state index is 10.0. The van der Waals surface area contributed by atoms with Gasteiger partial charge in [0, 0.05) is 16.5 Å². The van der Waals surface area contributed by atoms with Gasteiger partial charge in [-0.15, -0.1) is 0 Å². The molecule has 21 heavy (non-hydrogen) atoms.